The molecule has 3 aromatic rings. The van der Waals surface area contributed by atoms with Crippen molar-refractivity contribution in [3.05, 3.63) is 51.9 Å². The first-order valence-corrected chi connectivity index (χ1v) is 9.21. The molecule has 0 aliphatic heterocycles. The highest BCUT2D eigenvalue weighted by Gasteiger charge is 2.06. The van der Waals surface area contributed by atoms with Crippen molar-refractivity contribution in [3.8, 4) is 0 Å². The van der Waals surface area contributed by atoms with Gasteiger partial charge in [0.1, 0.15) is 5.82 Å². The Morgan fingerprint density at radius 2 is 2.24 bits per heavy atom. The fourth-order valence-corrected chi connectivity index (χ4v) is 3.41. The number of benzene rings is 1. The number of rotatable bonds is 6. The number of aliphatic imine (C=N–C) groups is 1. The Hall–Kier alpha value is -2.41. The molecule has 7 heteroatoms. The zero-order valence-corrected chi connectivity index (χ0v) is 15.2. The number of nitrogens with one attached hydrogen (secondary N) is 3. The van der Waals surface area contributed by atoms with Gasteiger partial charge in [0, 0.05) is 36.1 Å². The summed E-state index contributed by atoms with van der Waals surface area (Å²) in [4.78, 5) is 11.9. The summed E-state index contributed by atoms with van der Waals surface area (Å²) in [5, 5.41) is 10.9. The molecule has 2 aromatic heterocycles. The van der Waals surface area contributed by atoms with Gasteiger partial charge in [-0.2, -0.15) is 0 Å². The molecule has 5 nitrogen and oxygen atoms in total. The SMILES string of the molecule is CCc1nc(CNC(=NC)NCCc2c[nH]c3cc(F)ccc23)cs1. The lowest BCUT2D eigenvalue weighted by molar-refractivity contribution is 0.629. The fraction of sp³-hybridized carbons (Fsp3) is 0.333. The highest BCUT2D eigenvalue weighted by molar-refractivity contribution is 7.09. The molecule has 0 saturated heterocycles. The van der Waals surface area contributed by atoms with Crippen molar-refractivity contribution in [2.24, 2.45) is 4.99 Å². The van der Waals surface area contributed by atoms with Crippen molar-refractivity contribution < 1.29 is 4.39 Å². The lowest BCUT2D eigenvalue weighted by atomic mass is 10.1. The van der Waals surface area contributed by atoms with E-state index in [4.69, 9.17) is 0 Å². The maximum Gasteiger partial charge on any atom is 0.191 e. The molecule has 0 unspecified atom stereocenters. The lowest BCUT2D eigenvalue weighted by Gasteiger charge is -2.10. The van der Waals surface area contributed by atoms with Crippen molar-refractivity contribution >= 4 is 28.2 Å². The molecule has 0 aliphatic carbocycles. The van der Waals surface area contributed by atoms with Crippen LogP contribution >= 0.6 is 11.3 Å². The van der Waals surface area contributed by atoms with E-state index in [9.17, 15) is 4.39 Å². The molecule has 3 N–H and O–H groups in total. The Bertz CT molecular complexity index is 867. The molecule has 0 spiro atoms. The smallest absolute Gasteiger partial charge is 0.191 e. The van der Waals surface area contributed by atoms with Gasteiger partial charge in [-0.15, -0.1) is 11.3 Å². The van der Waals surface area contributed by atoms with Crippen LogP contribution in [0.5, 0.6) is 0 Å². The molecule has 0 amide bonds. The number of nitrogens with zero attached hydrogens (tertiary/aromatic N) is 2. The van der Waals surface area contributed by atoms with Gasteiger partial charge in [-0.3, -0.25) is 4.99 Å². The summed E-state index contributed by atoms with van der Waals surface area (Å²) >= 11 is 1.69. The van der Waals surface area contributed by atoms with Crippen molar-refractivity contribution in [1.29, 1.82) is 0 Å². The summed E-state index contributed by atoms with van der Waals surface area (Å²) in [6.45, 7) is 3.50. The molecular formula is C18H22FN5S. The van der Waals surface area contributed by atoms with Gasteiger partial charge in [0.25, 0.3) is 0 Å². The second kappa shape index (κ2) is 8.11. The Balaban J connectivity index is 1.50. The molecular weight excluding hydrogens is 337 g/mol. The standard InChI is InChI=1S/C18H22FN5S/c1-3-17-24-14(11-25-17)10-23-18(20-2)21-7-6-12-9-22-16-8-13(19)4-5-15(12)16/h4-5,8-9,11,22H,3,6-7,10H2,1-2H3,(H2,20,21,23). The topological polar surface area (TPSA) is 65.1 Å². The average molecular weight is 359 g/mol. The second-order valence-corrected chi connectivity index (χ2v) is 6.64. The number of fused-ring (bicyclic) bond motifs is 1. The predicted octanol–water partition coefficient (Wildman–Crippen LogP) is 3.23. The molecule has 0 bridgehead atoms. The number of aromatic amines is 1. The first-order valence-electron chi connectivity index (χ1n) is 8.33. The first kappa shape index (κ1) is 17.4. The highest BCUT2D eigenvalue weighted by atomic mass is 32.1. The van der Waals surface area contributed by atoms with E-state index in [1.807, 2.05) is 12.3 Å². The monoisotopic (exact) mass is 359 g/mol. The summed E-state index contributed by atoms with van der Waals surface area (Å²) in [6.07, 6.45) is 3.72. The zero-order chi connectivity index (χ0) is 17.6. The molecule has 0 atom stereocenters. The van der Waals surface area contributed by atoms with Crippen LogP contribution in [0, 0.1) is 5.82 Å². The van der Waals surface area contributed by atoms with Crippen molar-refractivity contribution in [3.63, 3.8) is 0 Å². The molecule has 0 aliphatic rings. The van der Waals surface area contributed by atoms with Crippen LogP contribution in [0.1, 0.15) is 23.2 Å². The molecule has 2 heterocycles. The van der Waals surface area contributed by atoms with E-state index in [1.54, 1.807) is 18.4 Å². The van der Waals surface area contributed by atoms with Crippen LogP contribution < -0.4 is 10.6 Å². The number of guanidine groups is 1. The first-order chi connectivity index (χ1) is 12.2. The van der Waals surface area contributed by atoms with Gasteiger partial charge in [0.15, 0.2) is 5.96 Å². The molecule has 0 fully saturated rings. The Morgan fingerprint density at radius 3 is 3.00 bits per heavy atom. The summed E-state index contributed by atoms with van der Waals surface area (Å²) in [5.41, 5.74) is 3.02. The fourth-order valence-electron chi connectivity index (χ4n) is 2.67. The van der Waals surface area contributed by atoms with E-state index in [0.717, 1.165) is 52.5 Å². The number of halogens is 1. The van der Waals surface area contributed by atoms with Crippen LogP contribution in [-0.4, -0.2) is 29.5 Å². The van der Waals surface area contributed by atoms with Gasteiger partial charge in [0.2, 0.25) is 0 Å². The van der Waals surface area contributed by atoms with Crippen LogP contribution in [0.25, 0.3) is 10.9 Å². The van der Waals surface area contributed by atoms with E-state index < -0.39 is 0 Å². The lowest BCUT2D eigenvalue weighted by Crippen LogP contribution is -2.37. The van der Waals surface area contributed by atoms with Crippen LogP contribution in [0.3, 0.4) is 0 Å². The third-order valence-electron chi connectivity index (χ3n) is 3.98. The minimum Gasteiger partial charge on any atom is -0.361 e. The molecule has 0 radical (unpaired) electrons. The number of aromatic nitrogens is 2. The molecule has 132 valence electrons. The molecule has 0 saturated carbocycles. The molecule has 3 rings (SSSR count). The van der Waals surface area contributed by atoms with Gasteiger partial charge in [0.05, 0.1) is 17.2 Å². The summed E-state index contributed by atoms with van der Waals surface area (Å²) < 4.78 is 13.2. The van der Waals surface area contributed by atoms with Crippen molar-refractivity contribution in [1.82, 2.24) is 20.6 Å². The van der Waals surface area contributed by atoms with Crippen molar-refractivity contribution in [2.45, 2.75) is 26.3 Å². The number of H-pyrrole nitrogens is 1. The molecule has 1 aromatic carbocycles. The Morgan fingerprint density at radius 1 is 1.36 bits per heavy atom. The van der Waals surface area contributed by atoms with E-state index in [0.29, 0.717) is 6.54 Å². The largest absolute Gasteiger partial charge is 0.361 e. The quantitative estimate of drug-likeness (QED) is 0.468. The third kappa shape index (κ3) is 4.36. The summed E-state index contributed by atoms with van der Waals surface area (Å²) in [7, 11) is 1.75. The van der Waals surface area contributed by atoms with Gasteiger partial charge in [-0.1, -0.05) is 6.92 Å². The average Bonchev–Trinajstić information content (AvgIpc) is 3.24. The maximum absolute atomic E-state index is 13.2. The van der Waals surface area contributed by atoms with Gasteiger partial charge < -0.3 is 15.6 Å². The summed E-state index contributed by atoms with van der Waals surface area (Å²) in [6, 6.07) is 4.83. The molecule has 25 heavy (non-hydrogen) atoms. The van der Waals surface area contributed by atoms with E-state index in [-0.39, 0.29) is 5.82 Å². The Labute approximate surface area is 150 Å². The number of hydrogen-bond acceptors (Lipinski definition) is 3. The Kier molecular flexibility index (Phi) is 5.65. The van der Waals surface area contributed by atoms with Crippen LogP contribution in [0.2, 0.25) is 0 Å². The van der Waals surface area contributed by atoms with Gasteiger partial charge in [-0.05, 0) is 36.6 Å². The third-order valence-corrected chi connectivity index (χ3v) is 5.02. The number of thiazole rings is 1. The number of hydrogen-bond donors (Lipinski definition) is 3. The maximum atomic E-state index is 13.2. The normalized spacial score (nSPS) is 11.9. The minimum absolute atomic E-state index is 0.225. The van der Waals surface area contributed by atoms with Crippen LogP contribution in [0.15, 0.2) is 34.8 Å². The van der Waals surface area contributed by atoms with Crippen molar-refractivity contribution in [2.75, 3.05) is 13.6 Å². The van der Waals surface area contributed by atoms with Crippen LogP contribution in [-0.2, 0) is 19.4 Å². The van der Waals surface area contributed by atoms with E-state index >= 15 is 0 Å². The number of aryl methyl sites for hydroxylation is 1. The zero-order valence-electron chi connectivity index (χ0n) is 14.4. The summed E-state index contributed by atoms with van der Waals surface area (Å²) in [5.74, 6) is 0.522. The van der Waals surface area contributed by atoms with E-state index in [2.05, 4.69) is 37.9 Å². The van der Waals surface area contributed by atoms with Crippen LogP contribution in [0.4, 0.5) is 4.39 Å². The highest BCUT2D eigenvalue weighted by Crippen LogP contribution is 2.19. The minimum atomic E-state index is -0.225. The second-order valence-electron chi connectivity index (χ2n) is 5.69. The van der Waals surface area contributed by atoms with Gasteiger partial charge >= 0.3 is 0 Å². The van der Waals surface area contributed by atoms with E-state index in [1.165, 1.54) is 12.1 Å². The predicted molar refractivity (Wildman–Crippen MR) is 102 cm³/mol. The van der Waals surface area contributed by atoms with Gasteiger partial charge in [-0.25, -0.2) is 9.37 Å².